The first-order chi connectivity index (χ1) is 15.7. The molecule has 0 aromatic carbocycles. The molecule has 0 unspecified atom stereocenters. The number of nitrogens with zero attached hydrogens (tertiary/aromatic N) is 5. The summed E-state index contributed by atoms with van der Waals surface area (Å²) >= 11 is 6.03. The molecule has 0 saturated heterocycles. The van der Waals surface area contributed by atoms with E-state index >= 15 is 0 Å². The van der Waals surface area contributed by atoms with Gasteiger partial charge in [-0.25, -0.2) is 9.97 Å². The largest absolute Gasteiger partial charge is 0.384 e. The number of terminal acetylenes is 1. The Kier molecular flexibility index (Phi) is 7.12. The summed E-state index contributed by atoms with van der Waals surface area (Å²) in [5.41, 5.74) is 10.6. The second kappa shape index (κ2) is 9.99. The molecule has 0 saturated carbocycles. The number of rotatable bonds is 6. The molecule has 3 aromatic rings. The molecule has 166 valence electrons. The predicted molar refractivity (Wildman–Crippen MR) is 127 cm³/mol. The topological polar surface area (TPSA) is 123 Å². The molecule has 3 heterocycles. The number of hydrogen-bond acceptors (Lipinski definition) is 6. The van der Waals surface area contributed by atoms with Gasteiger partial charge in [0.25, 0.3) is 5.91 Å². The van der Waals surface area contributed by atoms with Crippen molar-refractivity contribution in [1.82, 2.24) is 25.1 Å². The van der Waals surface area contributed by atoms with Crippen LogP contribution in [0.3, 0.4) is 0 Å². The van der Waals surface area contributed by atoms with Gasteiger partial charge in [-0.3, -0.25) is 9.48 Å². The van der Waals surface area contributed by atoms with Crippen molar-refractivity contribution in [2.24, 2.45) is 0 Å². The molecule has 3 N–H and O–H groups in total. The lowest BCUT2D eigenvalue weighted by Crippen LogP contribution is -2.24. The first kappa shape index (κ1) is 23.5. The molecule has 0 aliphatic rings. The number of amides is 1. The molecule has 3 rings (SSSR count). The van der Waals surface area contributed by atoms with Crippen LogP contribution in [0.25, 0.3) is 6.08 Å². The minimum absolute atomic E-state index is 0.0397. The third-order valence-corrected chi connectivity index (χ3v) is 5.15. The van der Waals surface area contributed by atoms with E-state index in [9.17, 15) is 10.1 Å². The highest BCUT2D eigenvalue weighted by molar-refractivity contribution is 6.30. The molecule has 0 radical (unpaired) electrons. The molecule has 0 spiro atoms. The van der Waals surface area contributed by atoms with Gasteiger partial charge in [-0.2, -0.15) is 10.4 Å². The monoisotopic (exact) mass is 459 g/mol. The standard InChI is InChI=1S/C24H22ClN7O/c1-5-21-17(8-18(25)10-28-21)6-14(2)12-32-13-20(22(9-26)31-32)24(33)29-11-19-15(3)7-23(27)30-16(19)4/h1,6-8,10,13H,11-12H2,2-4H3,(H2,27,30)(H,29,33)/b14-6+. The zero-order valence-corrected chi connectivity index (χ0v) is 19.2. The molecule has 0 bridgehead atoms. The number of nitriles is 1. The normalized spacial score (nSPS) is 11.0. The zero-order valence-electron chi connectivity index (χ0n) is 18.5. The van der Waals surface area contributed by atoms with Gasteiger partial charge >= 0.3 is 0 Å². The van der Waals surface area contributed by atoms with E-state index in [1.807, 2.05) is 32.9 Å². The van der Waals surface area contributed by atoms with Gasteiger partial charge in [0.1, 0.15) is 17.6 Å². The number of hydrogen-bond donors (Lipinski definition) is 2. The molecule has 0 aliphatic heterocycles. The predicted octanol–water partition coefficient (Wildman–Crippen LogP) is 3.41. The summed E-state index contributed by atoms with van der Waals surface area (Å²) in [6.45, 7) is 6.23. The summed E-state index contributed by atoms with van der Waals surface area (Å²) in [7, 11) is 0. The minimum Gasteiger partial charge on any atom is -0.384 e. The number of aromatic nitrogens is 4. The molecule has 0 atom stereocenters. The van der Waals surface area contributed by atoms with Crippen molar-refractivity contribution in [2.45, 2.75) is 33.9 Å². The van der Waals surface area contributed by atoms with Crippen molar-refractivity contribution in [2.75, 3.05) is 5.73 Å². The highest BCUT2D eigenvalue weighted by atomic mass is 35.5. The van der Waals surface area contributed by atoms with Crippen molar-refractivity contribution in [3.05, 3.63) is 74.5 Å². The van der Waals surface area contributed by atoms with Crippen molar-refractivity contribution in [3.8, 4) is 18.4 Å². The Balaban J connectivity index is 1.78. The second-order valence-corrected chi connectivity index (χ2v) is 7.97. The summed E-state index contributed by atoms with van der Waals surface area (Å²) in [5.74, 6) is 2.55. The lowest BCUT2D eigenvalue weighted by Gasteiger charge is -2.11. The SMILES string of the molecule is C#Cc1ncc(Cl)cc1/C=C(\C)Cn1cc(C(=O)NCc2c(C)cc(N)nc2C)c(C#N)n1. The van der Waals surface area contributed by atoms with Gasteiger partial charge in [0.15, 0.2) is 5.69 Å². The number of carbonyl (C=O) groups excluding carboxylic acids is 1. The molecule has 1 amide bonds. The van der Waals surface area contributed by atoms with Crippen LogP contribution in [-0.4, -0.2) is 25.7 Å². The Morgan fingerprint density at radius 2 is 2.12 bits per heavy atom. The van der Waals surface area contributed by atoms with E-state index in [2.05, 4.69) is 26.3 Å². The number of anilines is 1. The lowest BCUT2D eigenvalue weighted by molar-refractivity contribution is 0.0950. The van der Waals surface area contributed by atoms with Crippen molar-refractivity contribution in [1.29, 1.82) is 5.26 Å². The van der Waals surface area contributed by atoms with E-state index in [0.29, 0.717) is 28.6 Å². The average molecular weight is 460 g/mol. The smallest absolute Gasteiger partial charge is 0.256 e. The highest BCUT2D eigenvalue weighted by Gasteiger charge is 2.17. The van der Waals surface area contributed by atoms with Crippen LogP contribution in [0.4, 0.5) is 5.82 Å². The second-order valence-electron chi connectivity index (χ2n) is 7.54. The van der Waals surface area contributed by atoms with Crippen LogP contribution in [-0.2, 0) is 13.1 Å². The lowest BCUT2D eigenvalue weighted by atomic mass is 10.1. The van der Waals surface area contributed by atoms with Crippen molar-refractivity contribution < 1.29 is 4.79 Å². The molecule has 8 nitrogen and oxygen atoms in total. The number of aryl methyl sites for hydroxylation is 2. The van der Waals surface area contributed by atoms with E-state index in [1.165, 1.54) is 10.9 Å². The fourth-order valence-corrected chi connectivity index (χ4v) is 3.59. The van der Waals surface area contributed by atoms with Gasteiger partial charge in [0, 0.05) is 30.2 Å². The maximum atomic E-state index is 12.8. The van der Waals surface area contributed by atoms with Gasteiger partial charge in [0.05, 0.1) is 17.1 Å². The number of nitrogens with two attached hydrogens (primary N) is 1. The summed E-state index contributed by atoms with van der Waals surface area (Å²) < 4.78 is 1.54. The molecular weight excluding hydrogens is 438 g/mol. The van der Waals surface area contributed by atoms with Gasteiger partial charge in [-0.05, 0) is 50.0 Å². The van der Waals surface area contributed by atoms with Gasteiger partial charge in [-0.15, -0.1) is 6.42 Å². The third kappa shape index (κ3) is 5.57. The van der Waals surface area contributed by atoms with Crippen LogP contribution in [0.1, 0.15) is 51.1 Å². The Hall–Kier alpha value is -4.14. The Morgan fingerprint density at radius 3 is 2.79 bits per heavy atom. The Morgan fingerprint density at radius 1 is 1.36 bits per heavy atom. The molecule has 0 aliphatic carbocycles. The third-order valence-electron chi connectivity index (χ3n) is 4.95. The first-order valence-electron chi connectivity index (χ1n) is 9.99. The quantitative estimate of drug-likeness (QED) is 0.544. The number of allylic oxidation sites excluding steroid dienone is 1. The van der Waals surface area contributed by atoms with E-state index in [-0.39, 0.29) is 17.8 Å². The van der Waals surface area contributed by atoms with Gasteiger partial charge < -0.3 is 11.1 Å². The van der Waals surface area contributed by atoms with Gasteiger partial charge in [-0.1, -0.05) is 23.3 Å². The first-order valence-corrected chi connectivity index (χ1v) is 10.4. The van der Waals surface area contributed by atoms with Crippen LogP contribution < -0.4 is 11.1 Å². The molecule has 9 heteroatoms. The molecule has 0 fully saturated rings. The van der Waals surface area contributed by atoms with E-state index < -0.39 is 5.91 Å². The van der Waals surface area contributed by atoms with Crippen molar-refractivity contribution >= 4 is 29.4 Å². The number of nitrogens with one attached hydrogen (secondary N) is 1. The van der Waals surface area contributed by atoms with Gasteiger partial charge in [0.2, 0.25) is 0 Å². The van der Waals surface area contributed by atoms with Crippen molar-refractivity contribution in [3.63, 3.8) is 0 Å². The maximum Gasteiger partial charge on any atom is 0.256 e. The van der Waals surface area contributed by atoms with Crippen LogP contribution in [0.5, 0.6) is 0 Å². The summed E-state index contributed by atoms with van der Waals surface area (Å²) in [6.07, 6.45) is 10.4. The fourth-order valence-electron chi connectivity index (χ4n) is 3.42. The number of halogens is 1. The van der Waals surface area contributed by atoms with Crippen LogP contribution in [0, 0.1) is 37.5 Å². The maximum absolute atomic E-state index is 12.8. The Labute approximate surface area is 197 Å². The summed E-state index contributed by atoms with van der Waals surface area (Å²) in [6, 6.07) is 5.46. The minimum atomic E-state index is -0.399. The van der Waals surface area contributed by atoms with Crippen LogP contribution >= 0.6 is 11.6 Å². The summed E-state index contributed by atoms with van der Waals surface area (Å²) in [5, 5.41) is 17.0. The van der Waals surface area contributed by atoms with E-state index in [1.54, 1.807) is 18.3 Å². The van der Waals surface area contributed by atoms with E-state index in [0.717, 1.165) is 22.4 Å². The Bertz CT molecular complexity index is 1320. The zero-order chi connectivity index (χ0) is 24.1. The number of carbonyl (C=O) groups is 1. The highest BCUT2D eigenvalue weighted by Crippen LogP contribution is 2.18. The molecule has 33 heavy (non-hydrogen) atoms. The van der Waals surface area contributed by atoms with Crippen LogP contribution in [0.15, 0.2) is 30.1 Å². The van der Waals surface area contributed by atoms with E-state index in [4.69, 9.17) is 23.8 Å². The van der Waals surface area contributed by atoms with Crippen LogP contribution in [0.2, 0.25) is 5.02 Å². The molecular formula is C24H22ClN7O. The average Bonchev–Trinajstić information content (AvgIpc) is 3.15. The summed E-state index contributed by atoms with van der Waals surface area (Å²) in [4.78, 5) is 21.1. The number of nitrogen functional groups attached to an aromatic ring is 1. The fraction of sp³-hybridized carbons (Fsp3) is 0.208. The number of pyridine rings is 2. The molecule has 3 aromatic heterocycles.